The second kappa shape index (κ2) is 3.30. The van der Waals surface area contributed by atoms with E-state index in [1.165, 1.54) is 11.0 Å². The van der Waals surface area contributed by atoms with Crippen LogP contribution in [0.25, 0.3) is 0 Å². The largest absolute Gasteiger partial charge is 0.235 e. The van der Waals surface area contributed by atoms with Crippen LogP contribution in [0.5, 0.6) is 0 Å². The van der Waals surface area contributed by atoms with Crippen LogP contribution in [0.2, 0.25) is 0 Å². The van der Waals surface area contributed by atoms with E-state index >= 15 is 0 Å². The van der Waals surface area contributed by atoms with Crippen molar-refractivity contribution in [1.29, 1.82) is 0 Å². The van der Waals surface area contributed by atoms with Crippen LogP contribution in [0.1, 0.15) is 9.75 Å². The molecule has 2 nitrogen and oxygen atoms in total. The van der Waals surface area contributed by atoms with Gasteiger partial charge in [0.2, 0.25) is 6.08 Å². The van der Waals surface area contributed by atoms with Crippen LogP contribution in [0, 0.1) is 6.92 Å². The van der Waals surface area contributed by atoms with Crippen LogP contribution in [-0.4, -0.2) is 6.08 Å². The van der Waals surface area contributed by atoms with Crippen molar-refractivity contribution in [3.63, 3.8) is 0 Å². The Morgan fingerprint density at radius 3 is 3.00 bits per heavy atom. The Morgan fingerprint density at radius 2 is 2.50 bits per heavy atom. The van der Waals surface area contributed by atoms with Gasteiger partial charge in [0.15, 0.2) is 0 Å². The molecule has 1 aromatic heterocycles. The third-order valence-electron chi connectivity index (χ3n) is 1.10. The van der Waals surface area contributed by atoms with Crippen molar-refractivity contribution in [3.05, 3.63) is 21.9 Å². The van der Waals surface area contributed by atoms with Gasteiger partial charge in [-0.1, -0.05) is 0 Å². The monoisotopic (exact) mass is 153 g/mol. The van der Waals surface area contributed by atoms with Crippen LogP contribution in [0.4, 0.5) is 0 Å². The molecule has 0 N–H and O–H groups in total. The van der Waals surface area contributed by atoms with Gasteiger partial charge in [-0.3, -0.25) is 0 Å². The average Bonchev–Trinajstić information content (AvgIpc) is 2.31. The van der Waals surface area contributed by atoms with Gasteiger partial charge in [-0.25, -0.2) is 9.79 Å². The Morgan fingerprint density at radius 1 is 1.70 bits per heavy atom. The number of thiophene rings is 1. The van der Waals surface area contributed by atoms with Crippen molar-refractivity contribution in [2.45, 2.75) is 13.5 Å². The number of aryl methyl sites for hydroxylation is 1. The summed E-state index contributed by atoms with van der Waals surface area (Å²) in [5.74, 6) is 0. The van der Waals surface area contributed by atoms with Gasteiger partial charge in [-0.15, -0.1) is 11.3 Å². The van der Waals surface area contributed by atoms with E-state index in [0.717, 1.165) is 4.88 Å². The molecule has 0 radical (unpaired) electrons. The van der Waals surface area contributed by atoms with Crippen molar-refractivity contribution in [3.8, 4) is 0 Å². The molecule has 0 saturated heterocycles. The van der Waals surface area contributed by atoms with Crippen molar-refractivity contribution >= 4 is 17.4 Å². The Kier molecular flexibility index (Phi) is 2.37. The fourth-order valence-corrected chi connectivity index (χ4v) is 1.50. The molecule has 52 valence electrons. The highest BCUT2D eigenvalue weighted by Crippen LogP contribution is 2.15. The third kappa shape index (κ3) is 1.79. The highest BCUT2D eigenvalue weighted by atomic mass is 32.1. The molecule has 0 aliphatic carbocycles. The third-order valence-corrected chi connectivity index (χ3v) is 2.08. The summed E-state index contributed by atoms with van der Waals surface area (Å²) in [6, 6.07) is 3.99. The Labute approximate surface area is 63.2 Å². The fourth-order valence-electron chi connectivity index (χ4n) is 0.680. The quantitative estimate of drug-likeness (QED) is 0.471. The van der Waals surface area contributed by atoms with E-state index in [1.54, 1.807) is 11.3 Å². The van der Waals surface area contributed by atoms with Crippen molar-refractivity contribution in [2.75, 3.05) is 0 Å². The summed E-state index contributed by atoms with van der Waals surface area (Å²) < 4.78 is 0. The second-order valence-electron chi connectivity index (χ2n) is 1.92. The molecule has 0 aliphatic heterocycles. The molecule has 1 heterocycles. The van der Waals surface area contributed by atoms with Crippen molar-refractivity contribution < 1.29 is 4.79 Å². The van der Waals surface area contributed by atoms with Crippen molar-refractivity contribution in [1.82, 2.24) is 0 Å². The van der Waals surface area contributed by atoms with Crippen LogP contribution in [-0.2, 0) is 11.3 Å². The number of rotatable bonds is 2. The number of nitrogens with zero attached hydrogens (tertiary/aromatic N) is 1. The standard InChI is InChI=1S/C7H7NOS/c1-6-2-3-7(10-6)4-8-5-9/h2-3H,4H2,1H3. The maximum absolute atomic E-state index is 9.70. The van der Waals surface area contributed by atoms with Crippen molar-refractivity contribution in [2.24, 2.45) is 4.99 Å². The van der Waals surface area contributed by atoms with E-state index in [4.69, 9.17) is 0 Å². The summed E-state index contributed by atoms with van der Waals surface area (Å²) in [7, 11) is 0. The Hall–Kier alpha value is -0.920. The highest BCUT2D eigenvalue weighted by Gasteiger charge is 1.92. The minimum Gasteiger partial charge on any atom is -0.211 e. The highest BCUT2D eigenvalue weighted by molar-refractivity contribution is 7.11. The number of isocyanates is 1. The number of hydrogen-bond donors (Lipinski definition) is 0. The van der Waals surface area contributed by atoms with Gasteiger partial charge in [0.05, 0.1) is 6.54 Å². The molecule has 0 fully saturated rings. The Bertz CT molecular complexity index is 260. The number of aliphatic imine (C=N–C) groups is 1. The summed E-state index contributed by atoms with van der Waals surface area (Å²) in [6.07, 6.45) is 1.51. The van der Waals surface area contributed by atoms with Gasteiger partial charge in [0.25, 0.3) is 0 Å². The lowest BCUT2D eigenvalue weighted by Gasteiger charge is -1.81. The lowest BCUT2D eigenvalue weighted by Crippen LogP contribution is -1.69. The zero-order chi connectivity index (χ0) is 7.40. The van der Waals surface area contributed by atoms with Gasteiger partial charge in [0, 0.05) is 9.75 Å². The summed E-state index contributed by atoms with van der Waals surface area (Å²) >= 11 is 1.66. The maximum atomic E-state index is 9.70. The minimum absolute atomic E-state index is 0.474. The number of hydrogen-bond acceptors (Lipinski definition) is 3. The molecule has 0 aliphatic rings. The first-order chi connectivity index (χ1) is 4.83. The van der Waals surface area contributed by atoms with Crippen LogP contribution in [0.3, 0.4) is 0 Å². The van der Waals surface area contributed by atoms with E-state index in [0.29, 0.717) is 6.54 Å². The minimum atomic E-state index is 0.474. The SMILES string of the molecule is Cc1ccc(CN=C=O)s1. The lowest BCUT2D eigenvalue weighted by atomic mass is 10.4. The first-order valence-corrected chi connectivity index (χ1v) is 3.73. The molecular weight excluding hydrogens is 146 g/mol. The zero-order valence-electron chi connectivity index (χ0n) is 5.63. The molecule has 0 spiro atoms. The van der Waals surface area contributed by atoms with Crippen LogP contribution < -0.4 is 0 Å². The van der Waals surface area contributed by atoms with Gasteiger partial charge in [-0.05, 0) is 19.1 Å². The molecule has 3 heteroatoms. The summed E-state index contributed by atoms with van der Waals surface area (Å²) in [4.78, 5) is 15.5. The lowest BCUT2D eigenvalue weighted by molar-refractivity contribution is 0.563. The van der Waals surface area contributed by atoms with Gasteiger partial charge >= 0.3 is 0 Å². The predicted octanol–water partition coefficient (Wildman–Crippen LogP) is 1.89. The molecule has 0 bridgehead atoms. The summed E-state index contributed by atoms with van der Waals surface area (Å²) in [5, 5.41) is 0. The summed E-state index contributed by atoms with van der Waals surface area (Å²) in [5.41, 5.74) is 0. The van der Waals surface area contributed by atoms with E-state index in [-0.39, 0.29) is 0 Å². The predicted molar refractivity (Wildman–Crippen MR) is 40.9 cm³/mol. The van der Waals surface area contributed by atoms with E-state index < -0.39 is 0 Å². The molecular formula is C7H7NOS. The maximum Gasteiger partial charge on any atom is 0.235 e. The molecule has 1 aromatic rings. The smallest absolute Gasteiger partial charge is 0.211 e. The summed E-state index contributed by atoms with van der Waals surface area (Å²) in [6.45, 7) is 2.50. The zero-order valence-corrected chi connectivity index (χ0v) is 6.44. The van der Waals surface area contributed by atoms with Crippen LogP contribution in [0.15, 0.2) is 17.1 Å². The molecule has 10 heavy (non-hydrogen) atoms. The molecule has 0 saturated carbocycles. The molecule has 0 aromatic carbocycles. The molecule has 0 unspecified atom stereocenters. The van der Waals surface area contributed by atoms with Gasteiger partial charge in [-0.2, -0.15) is 0 Å². The molecule has 0 atom stereocenters. The first kappa shape index (κ1) is 7.19. The molecule has 1 rings (SSSR count). The fraction of sp³-hybridized carbons (Fsp3) is 0.286. The average molecular weight is 153 g/mol. The topological polar surface area (TPSA) is 29.4 Å². The first-order valence-electron chi connectivity index (χ1n) is 2.92. The van der Waals surface area contributed by atoms with Gasteiger partial charge in [0.1, 0.15) is 0 Å². The van der Waals surface area contributed by atoms with E-state index in [9.17, 15) is 4.79 Å². The second-order valence-corrected chi connectivity index (χ2v) is 3.29. The van der Waals surface area contributed by atoms with E-state index in [1.807, 2.05) is 19.1 Å². The number of carbonyl (C=O) groups excluding carboxylic acids is 1. The van der Waals surface area contributed by atoms with Gasteiger partial charge < -0.3 is 0 Å². The normalized spacial score (nSPS) is 8.90. The van der Waals surface area contributed by atoms with E-state index in [2.05, 4.69) is 4.99 Å². The molecule has 0 amide bonds. The van der Waals surface area contributed by atoms with Crippen LogP contribution >= 0.6 is 11.3 Å². The Balaban J connectivity index is 2.66.